The van der Waals surface area contributed by atoms with Gasteiger partial charge in [-0.15, -0.1) is 11.3 Å². The van der Waals surface area contributed by atoms with Crippen molar-refractivity contribution >= 4 is 23.1 Å². The number of carbonyl (C=O) groups is 1. The molecule has 0 aromatic carbocycles. The van der Waals surface area contributed by atoms with Crippen LogP contribution in [0.1, 0.15) is 67.2 Å². The van der Waals surface area contributed by atoms with Crippen LogP contribution in [0.25, 0.3) is 0 Å². The first-order chi connectivity index (χ1) is 11.5. The van der Waals surface area contributed by atoms with E-state index in [1.165, 1.54) is 0 Å². The standard InChI is InChI=1S/C17H24N4O2S/c1-10(2)15-14(12(4)20-23-15)19-17(22)21-8-6-5-7-13(21)16-18-11(3)9-24-16/h9-10,13H,5-8H2,1-4H3,(H,19,22). The van der Waals surface area contributed by atoms with Gasteiger partial charge in [0.05, 0.1) is 6.04 Å². The smallest absolute Gasteiger partial charge is 0.322 e. The first kappa shape index (κ1) is 17.0. The fourth-order valence-electron chi connectivity index (χ4n) is 3.07. The van der Waals surface area contributed by atoms with Crippen LogP contribution in [0.5, 0.6) is 0 Å². The molecule has 1 fully saturated rings. The van der Waals surface area contributed by atoms with Crippen molar-refractivity contribution in [3.05, 3.63) is 27.5 Å². The average molecular weight is 348 g/mol. The lowest BCUT2D eigenvalue weighted by atomic mass is 10.0. The summed E-state index contributed by atoms with van der Waals surface area (Å²) in [6.45, 7) is 8.64. The molecule has 0 aliphatic carbocycles. The molecule has 0 saturated carbocycles. The van der Waals surface area contributed by atoms with Gasteiger partial charge in [0.25, 0.3) is 0 Å². The van der Waals surface area contributed by atoms with Crippen LogP contribution < -0.4 is 5.32 Å². The van der Waals surface area contributed by atoms with E-state index in [1.54, 1.807) is 11.3 Å². The molecule has 7 heteroatoms. The molecule has 6 nitrogen and oxygen atoms in total. The molecule has 24 heavy (non-hydrogen) atoms. The molecule has 2 aromatic rings. The number of nitrogens with one attached hydrogen (secondary N) is 1. The number of rotatable bonds is 3. The predicted octanol–water partition coefficient (Wildman–Crippen LogP) is 4.63. The summed E-state index contributed by atoms with van der Waals surface area (Å²) < 4.78 is 5.37. The van der Waals surface area contributed by atoms with Crippen molar-refractivity contribution in [3.63, 3.8) is 0 Å². The van der Waals surface area contributed by atoms with Crippen molar-refractivity contribution in [2.24, 2.45) is 0 Å². The van der Waals surface area contributed by atoms with Crippen LogP contribution in [0.15, 0.2) is 9.90 Å². The molecule has 0 radical (unpaired) electrons. The third kappa shape index (κ3) is 3.31. The number of anilines is 1. The number of piperidine rings is 1. The Bertz CT molecular complexity index is 722. The lowest BCUT2D eigenvalue weighted by Crippen LogP contribution is -2.41. The molecule has 1 atom stereocenters. The summed E-state index contributed by atoms with van der Waals surface area (Å²) in [6.07, 6.45) is 3.10. The van der Waals surface area contributed by atoms with Gasteiger partial charge in [-0.2, -0.15) is 0 Å². The molecule has 3 heterocycles. The fourth-order valence-corrected chi connectivity index (χ4v) is 4.01. The summed E-state index contributed by atoms with van der Waals surface area (Å²) in [5, 5.41) is 10.1. The Morgan fingerprint density at radius 3 is 2.88 bits per heavy atom. The average Bonchev–Trinajstić information content (AvgIpc) is 3.14. The van der Waals surface area contributed by atoms with Crippen LogP contribution in [-0.4, -0.2) is 27.6 Å². The highest BCUT2D eigenvalue weighted by molar-refractivity contribution is 7.09. The first-order valence-electron chi connectivity index (χ1n) is 8.43. The highest BCUT2D eigenvalue weighted by atomic mass is 32.1. The van der Waals surface area contributed by atoms with Crippen molar-refractivity contribution in [2.45, 2.75) is 58.9 Å². The normalized spacial score (nSPS) is 18.2. The van der Waals surface area contributed by atoms with Crippen molar-refractivity contribution < 1.29 is 9.32 Å². The number of amides is 2. The third-order valence-corrected chi connectivity index (χ3v) is 5.39. The van der Waals surface area contributed by atoms with E-state index in [9.17, 15) is 4.79 Å². The molecule has 0 bridgehead atoms. The van der Waals surface area contributed by atoms with Gasteiger partial charge in [-0.3, -0.25) is 0 Å². The van der Waals surface area contributed by atoms with Gasteiger partial charge in [-0.1, -0.05) is 19.0 Å². The molecule has 1 aliphatic heterocycles. The minimum atomic E-state index is -0.0965. The third-order valence-electron chi connectivity index (χ3n) is 4.33. The number of aromatic nitrogens is 2. The molecular weight excluding hydrogens is 324 g/mol. The second-order valence-corrected chi connectivity index (χ2v) is 7.51. The zero-order valence-corrected chi connectivity index (χ0v) is 15.4. The maximum atomic E-state index is 12.9. The van der Waals surface area contributed by atoms with Crippen LogP contribution in [0.2, 0.25) is 0 Å². The van der Waals surface area contributed by atoms with Crippen LogP contribution >= 0.6 is 11.3 Å². The van der Waals surface area contributed by atoms with E-state index in [0.717, 1.165) is 42.3 Å². The molecule has 0 spiro atoms. The highest BCUT2D eigenvalue weighted by Gasteiger charge is 2.31. The van der Waals surface area contributed by atoms with E-state index in [2.05, 4.69) is 15.5 Å². The summed E-state index contributed by atoms with van der Waals surface area (Å²) in [6, 6.07) is -0.0409. The summed E-state index contributed by atoms with van der Waals surface area (Å²) in [5.74, 6) is 0.889. The molecule has 1 unspecified atom stereocenters. The van der Waals surface area contributed by atoms with Gasteiger partial charge in [0.2, 0.25) is 0 Å². The highest BCUT2D eigenvalue weighted by Crippen LogP contribution is 2.34. The minimum absolute atomic E-state index is 0.0557. The van der Waals surface area contributed by atoms with Gasteiger partial charge in [0.1, 0.15) is 16.4 Å². The topological polar surface area (TPSA) is 71.3 Å². The molecule has 130 valence electrons. The molecule has 3 rings (SSSR count). The number of thiazole rings is 1. The number of aryl methyl sites for hydroxylation is 2. The van der Waals surface area contributed by atoms with Crippen LogP contribution in [-0.2, 0) is 0 Å². The van der Waals surface area contributed by atoms with Crippen molar-refractivity contribution in [1.82, 2.24) is 15.0 Å². The van der Waals surface area contributed by atoms with Crippen molar-refractivity contribution in [1.29, 1.82) is 0 Å². The lowest BCUT2D eigenvalue weighted by Gasteiger charge is -2.34. The van der Waals surface area contributed by atoms with Gasteiger partial charge < -0.3 is 14.7 Å². The monoisotopic (exact) mass is 348 g/mol. The maximum absolute atomic E-state index is 12.9. The molecule has 1 aliphatic rings. The Kier molecular flexibility index (Phi) is 4.89. The van der Waals surface area contributed by atoms with Crippen LogP contribution in [0, 0.1) is 13.8 Å². The van der Waals surface area contributed by atoms with Crippen molar-refractivity contribution in [2.75, 3.05) is 11.9 Å². The van der Waals surface area contributed by atoms with Crippen molar-refractivity contribution in [3.8, 4) is 0 Å². The SMILES string of the molecule is Cc1csc(C2CCCCN2C(=O)Nc2c(C)noc2C(C)C)n1. The summed E-state index contributed by atoms with van der Waals surface area (Å²) in [7, 11) is 0. The number of urea groups is 1. The summed E-state index contributed by atoms with van der Waals surface area (Å²) in [5.41, 5.74) is 2.43. The van der Waals surface area contributed by atoms with Gasteiger partial charge in [0.15, 0.2) is 5.76 Å². The molecular formula is C17H24N4O2S. The minimum Gasteiger partial charge on any atom is -0.359 e. The van der Waals surface area contributed by atoms with E-state index in [0.29, 0.717) is 11.4 Å². The Balaban J connectivity index is 1.81. The maximum Gasteiger partial charge on any atom is 0.322 e. The zero-order chi connectivity index (χ0) is 17.3. The Labute approximate surface area is 146 Å². The number of likely N-dealkylation sites (tertiary alicyclic amines) is 1. The number of hydrogen-bond donors (Lipinski definition) is 1. The van der Waals surface area contributed by atoms with Crippen LogP contribution in [0.4, 0.5) is 10.5 Å². The number of hydrogen-bond acceptors (Lipinski definition) is 5. The van der Waals surface area contributed by atoms with Crippen LogP contribution in [0.3, 0.4) is 0 Å². The van der Waals surface area contributed by atoms with E-state index in [4.69, 9.17) is 4.52 Å². The fraction of sp³-hybridized carbons (Fsp3) is 0.588. The summed E-state index contributed by atoms with van der Waals surface area (Å²) >= 11 is 1.63. The predicted molar refractivity (Wildman–Crippen MR) is 94.5 cm³/mol. The quantitative estimate of drug-likeness (QED) is 0.878. The van der Waals surface area contributed by atoms with E-state index in [-0.39, 0.29) is 18.0 Å². The number of nitrogens with zero attached hydrogens (tertiary/aromatic N) is 3. The van der Waals surface area contributed by atoms with E-state index in [1.807, 2.05) is 38.0 Å². The van der Waals surface area contributed by atoms with Gasteiger partial charge in [-0.25, -0.2) is 9.78 Å². The van der Waals surface area contributed by atoms with Gasteiger partial charge in [-0.05, 0) is 33.1 Å². The van der Waals surface area contributed by atoms with Gasteiger partial charge >= 0.3 is 6.03 Å². The molecule has 2 aromatic heterocycles. The molecule has 1 saturated heterocycles. The van der Waals surface area contributed by atoms with Gasteiger partial charge in [0, 0.05) is 23.5 Å². The number of carbonyl (C=O) groups excluding carboxylic acids is 1. The molecule has 2 amide bonds. The molecule has 1 N–H and O–H groups in total. The Morgan fingerprint density at radius 2 is 2.21 bits per heavy atom. The summed E-state index contributed by atoms with van der Waals surface area (Å²) in [4.78, 5) is 19.4. The largest absolute Gasteiger partial charge is 0.359 e. The Hall–Kier alpha value is -1.89. The zero-order valence-electron chi connectivity index (χ0n) is 14.6. The lowest BCUT2D eigenvalue weighted by molar-refractivity contribution is 0.163. The second kappa shape index (κ2) is 6.93. The Morgan fingerprint density at radius 1 is 1.42 bits per heavy atom. The van der Waals surface area contributed by atoms with E-state index < -0.39 is 0 Å². The second-order valence-electron chi connectivity index (χ2n) is 6.62. The van der Waals surface area contributed by atoms with E-state index >= 15 is 0 Å². The first-order valence-corrected chi connectivity index (χ1v) is 9.31.